The highest BCUT2D eigenvalue weighted by Crippen LogP contribution is 2.06. The van der Waals surface area contributed by atoms with Crippen molar-refractivity contribution < 1.29 is 4.79 Å². The molecule has 3 rings (SSSR count). The minimum absolute atomic E-state index is 0.122. The van der Waals surface area contributed by atoms with Gasteiger partial charge in [-0.3, -0.25) is 14.4 Å². The highest BCUT2D eigenvalue weighted by molar-refractivity contribution is 5.78. The van der Waals surface area contributed by atoms with Crippen LogP contribution in [0, 0.1) is 0 Å². The lowest BCUT2D eigenvalue weighted by atomic mass is 10.1. The first-order chi connectivity index (χ1) is 11.6. The quantitative estimate of drug-likeness (QED) is 0.688. The lowest BCUT2D eigenvalue weighted by Gasteiger charge is -2.10. The predicted molar refractivity (Wildman–Crippen MR) is 92.0 cm³/mol. The normalized spacial score (nSPS) is 10.7. The molecule has 122 valence electrons. The lowest BCUT2D eigenvalue weighted by molar-refractivity contribution is -0.120. The Morgan fingerprint density at radius 3 is 2.50 bits per heavy atom. The standard InChI is InChI=1S/C18H17N3O3/c22-16(12-13-6-2-1-3-7-13)19-10-11-21-15-9-5-4-8-14(15)20-17(23)18(21)24/h1-9H,10-12H2,(H,19,22)(H,20,23). The summed E-state index contributed by atoms with van der Waals surface area (Å²) in [5.74, 6) is -0.122. The summed E-state index contributed by atoms with van der Waals surface area (Å²) in [5.41, 5.74) is 0.876. The molecule has 0 saturated carbocycles. The highest BCUT2D eigenvalue weighted by Gasteiger charge is 2.08. The van der Waals surface area contributed by atoms with Crippen LogP contribution in [-0.4, -0.2) is 22.0 Å². The molecule has 3 aromatic rings. The molecule has 0 unspecified atom stereocenters. The molecular formula is C18H17N3O3. The maximum Gasteiger partial charge on any atom is 0.316 e. The molecule has 0 radical (unpaired) electrons. The Hall–Kier alpha value is -3.15. The summed E-state index contributed by atoms with van der Waals surface area (Å²) in [7, 11) is 0. The zero-order valence-corrected chi connectivity index (χ0v) is 13.0. The van der Waals surface area contributed by atoms with Crippen molar-refractivity contribution in [3.8, 4) is 0 Å². The molecule has 6 nitrogen and oxygen atoms in total. The van der Waals surface area contributed by atoms with Crippen LogP contribution in [0.5, 0.6) is 0 Å². The number of hydrogen-bond acceptors (Lipinski definition) is 3. The molecule has 0 spiro atoms. The third-order valence-electron chi connectivity index (χ3n) is 3.75. The maximum atomic E-state index is 12.1. The van der Waals surface area contributed by atoms with Gasteiger partial charge >= 0.3 is 11.1 Å². The van der Waals surface area contributed by atoms with Crippen molar-refractivity contribution in [1.82, 2.24) is 14.9 Å². The second kappa shape index (κ2) is 6.95. The number of para-hydroxylation sites is 2. The first-order valence-corrected chi connectivity index (χ1v) is 7.67. The number of nitrogens with one attached hydrogen (secondary N) is 2. The van der Waals surface area contributed by atoms with Gasteiger partial charge in [0.2, 0.25) is 5.91 Å². The van der Waals surface area contributed by atoms with E-state index in [1.165, 1.54) is 4.57 Å². The van der Waals surface area contributed by atoms with Crippen LogP contribution in [0.15, 0.2) is 64.2 Å². The molecule has 0 atom stereocenters. The number of aromatic amines is 1. The molecule has 24 heavy (non-hydrogen) atoms. The second-order valence-corrected chi connectivity index (χ2v) is 5.44. The van der Waals surface area contributed by atoms with Crippen molar-refractivity contribution in [3.63, 3.8) is 0 Å². The average molecular weight is 323 g/mol. The summed E-state index contributed by atoms with van der Waals surface area (Å²) in [4.78, 5) is 38.3. The van der Waals surface area contributed by atoms with E-state index in [0.29, 0.717) is 11.0 Å². The van der Waals surface area contributed by atoms with E-state index in [0.717, 1.165) is 5.56 Å². The molecule has 0 aliphatic carbocycles. The van der Waals surface area contributed by atoms with Gasteiger partial charge in [-0.1, -0.05) is 42.5 Å². The SMILES string of the molecule is O=C(Cc1ccccc1)NCCn1c(=O)c(=O)[nH]c2ccccc21. The van der Waals surface area contributed by atoms with E-state index < -0.39 is 11.1 Å². The number of nitrogens with zero attached hydrogens (tertiary/aromatic N) is 1. The average Bonchev–Trinajstić information content (AvgIpc) is 2.59. The van der Waals surface area contributed by atoms with Gasteiger partial charge in [0.25, 0.3) is 0 Å². The summed E-state index contributed by atoms with van der Waals surface area (Å²) < 4.78 is 1.39. The number of aromatic nitrogens is 2. The summed E-state index contributed by atoms with van der Waals surface area (Å²) in [6.07, 6.45) is 0.284. The molecule has 2 aromatic carbocycles. The maximum absolute atomic E-state index is 12.1. The molecule has 1 aromatic heterocycles. The number of fused-ring (bicyclic) bond motifs is 1. The van der Waals surface area contributed by atoms with Crippen LogP contribution in [-0.2, 0) is 17.8 Å². The number of carbonyl (C=O) groups is 1. The van der Waals surface area contributed by atoms with Crippen LogP contribution >= 0.6 is 0 Å². The Kier molecular flexibility index (Phi) is 4.56. The smallest absolute Gasteiger partial charge is 0.316 e. The third kappa shape index (κ3) is 3.43. The Morgan fingerprint density at radius 2 is 1.71 bits per heavy atom. The molecule has 1 heterocycles. The number of amides is 1. The van der Waals surface area contributed by atoms with Crippen LogP contribution in [0.4, 0.5) is 0 Å². The summed E-state index contributed by atoms with van der Waals surface area (Å²) in [5, 5.41) is 2.78. The van der Waals surface area contributed by atoms with Gasteiger partial charge in [0.1, 0.15) is 0 Å². The van der Waals surface area contributed by atoms with E-state index in [2.05, 4.69) is 10.3 Å². The summed E-state index contributed by atoms with van der Waals surface area (Å²) in [6, 6.07) is 16.5. The minimum atomic E-state index is -0.663. The van der Waals surface area contributed by atoms with E-state index in [1.807, 2.05) is 30.3 Å². The van der Waals surface area contributed by atoms with Crippen LogP contribution in [0.25, 0.3) is 11.0 Å². The van der Waals surface area contributed by atoms with Crippen LogP contribution in [0.3, 0.4) is 0 Å². The Bertz CT molecular complexity index is 974. The molecule has 0 saturated heterocycles. The van der Waals surface area contributed by atoms with Crippen LogP contribution < -0.4 is 16.4 Å². The van der Waals surface area contributed by atoms with Gasteiger partial charge in [0, 0.05) is 13.1 Å². The van der Waals surface area contributed by atoms with E-state index in [9.17, 15) is 14.4 Å². The third-order valence-corrected chi connectivity index (χ3v) is 3.75. The number of rotatable bonds is 5. The first-order valence-electron chi connectivity index (χ1n) is 7.67. The van der Waals surface area contributed by atoms with E-state index in [-0.39, 0.29) is 25.4 Å². The number of benzene rings is 2. The van der Waals surface area contributed by atoms with Gasteiger partial charge in [0.15, 0.2) is 0 Å². The van der Waals surface area contributed by atoms with E-state index >= 15 is 0 Å². The summed E-state index contributed by atoms with van der Waals surface area (Å²) >= 11 is 0. The van der Waals surface area contributed by atoms with Crippen LogP contribution in [0.1, 0.15) is 5.56 Å². The lowest BCUT2D eigenvalue weighted by Crippen LogP contribution is -2.39. The zero-order valence-electron chi connectivity index (χ0n) is 13.0. The van der Waals surface area contributed by atoms with E-state index in [1.54, 1.807) is 24.3 Å². The van der Waals surface area contributed by atoms with Crippen LogP contribution in [0.2, 0.25) is 0 Å². The largest absolute Gasteiger partial charge is 0.354 e. The number of H-pyrrole nitrogens is 1. The van der Waals surface area contributed by atoms with Gasteiger partial charge < -0.3 is 14.9 Å². The van der Waals surface area contributed by atoms with Crippen molar-refractivity contribution in [1.29, 1.82) is 0 Å². The van der Waals surface area contributed by atoms with Crippen molar-refractivity contribution >= 4 is 16.9 Å². The Morgan fingerprint density at radius 1 is 1.00 bits per heavy atom. The zero-order chi connectivity index (χ0) is 16.9. The Labute approximate surface area is 137 Å². The van der Waals surface area contributed by atoms with Gasteiger partial charge in [-0.15, -0.1) is 0 Å². The number of hydrogen-bond donors (Lipinski definition) is 2. The van der Waals surface area contributed by atoms with E-state index in [4.69, 9.17) is 0 Å². The molecule has 0 aliphatic heterocycles. The van der Waals surface area contributed by atoms with Gasteiger partial charge in [0.05, 0.1) is 17.5 Å². The van der Waals surface area contributed by atoms with Crippen molar-refractivity contribution in [2.75, 3.05) is 6.54 Å². The monoisotopic (exact) mass is 323 g/mol. The van der Waals surface area contributed by atoms with Gasteiger partial charge in [-0.05, 0) is 17.7 Å². The predicted octanol–water partition coefficient (Wildman–Crippen LogP) is 1.05. The molecule has 0 aliphatic rings. The van der Waals surface area contributed by atoms with Crippen molar-refractivity contribution in [2.24, 2.45) is 0 Å². The summed E-state index contributed by atoms with van der Waals surface area (Å²) in [6.45, 7) is 0.517. The molecule has 0 fully saturated rings. The fourth-order valence-electron chi connectivity index (χ4n) is 2.60. The second-order valence-electron chi connectivity index (χ2n) is 5.44. The fraction of sp³-hybridized carbons (Fsp3) is 0.167. The van der Waals surface area contributed by atoms with Gasteiger partial charge in [-0.25, -0.2) is 0 Å². The van der Waals surface area contributed by atoms with Gasteiger partial charge in [-0.2, -0.15) is 0 Å². The van der Waals surface area contributed by atoms with Crippen molar-refractivity contribution in [3.05, 3.63) is 80.9 Å². The fourth-order valence-corrected chi connectivity index (χ4v) is 2.60. The molecule has 6 heteroatoms. The topological polar surface area (TPSA) is 84.0 Å². The molecular weight excluding hydrogens is 306 g/mol. The minimum Gasteiger partial charge on any atom is -0.354 e. The van der Waals surface area contributed by atoms with Crippen molar-refractivity contribution in [2.45, 2.75) is 13.0 Å². The Balaban J connectivity index is 1.70. The number of carbonyl (C=O) groups excluding carboxylic acids is 1. The molecule has 1 amide bonds. The molecule has 0 bridgehead atoms. The first kappa shape index (κ1) is 15.7. The molecule has 2 N–H and O–H groups in total. The highest BCUT2D eigenvalue weighted by atomic mass is 16.2.